The van der Waals surface area contributed by atoms with Crippen LogP contribution in [0.1, 0.15) is 47.1 Å². The minimum absolute atomic E-state index is 0.0467. The van der Waals surface area contributed by atoms with Gasteiger partial charge in [-0.1, -0.05) is 11.6 Å². The molecule has 0 atom stereocenters. The lowest BCUT2D eigenvalue weighted by molar-refractivity contribution is 0.0662. The van der Waals surface area contributed by atoms with E-state index in [1.54, 1.807) is 24.0 Å². The number of carbonyl (C=O) groups excluding carboxylic acids is 1. The van der Waals surface area contributed by atoms with Crippen LogP contribution in [0.3, 0.4) is 0 Å². The molecular weight excluding hydrogens is 230 g/mol. The summed E-state index contributed by atoms with van der Waals surface area (Å²) in [5.74, 6) is -1.30. The Bertz CT molecular complexity index is 466. The zero-order chi connectivity index (χ0) is 13.9. The summed E-state index contributed by atoms with van der Waals surface area (Å²) in [6.45, 7) is 8.07. The maximum Gasteiger partial charge on any atom is 0.336 e. The molecule has 0 heterocycles. The van der Waals surface area contributed by atoms with Crippen LogP contribution in [0.2, 0.25) is 0 Å². The van der Waals surface area contributed by atoms with Crippen LogP contribution < -0.4 is 0 Å². The number of benzene rings is 1. The molecule has 1 aromatic rings. The largest absolute Gasteiger partial charge is 0.478 e. The maximum atomic E-state index is 12.3. The van der Waals surface area contributed by atoms with Gasteiger partial charge < -0.3 is 10.0 Å². The fraction of sp³-hybridized carbons (Fsp3) is 0.429. The highest BCUT2D eigenvalue weighted by molar-refractivity contribution is 6.05. The van der Waals surface area contributed by atoms with Crippen molar-refractivity contribution >= 4 is 11.9 Å². The molecule has 1 amide bonds. The minimum atomic E-state index is -1.07. The molecule has 1 N–H and O–H groups in total. The highest BCUT2D eigenvalue weighted by Gasteiger charge is 2.22. The molecule has 0 aromatic heterocycles. The van der Waals surface area contributed by atoms with Crippen molar-refractivity contribution in [3.05, 3.63) is 34.9 Å². The van der Waals surface area contributed by atoms with Gasteiger partial charge in [-0.25, -0.2) is 4.79 Å². The topological polar surface area (TPSA) is 57.6 Å². The Balaban J connectivity index is 3.24. The van der Waals surface area contributed by atoms with Crippen LogP contribution in [0.15, 0.2) is 18.2 Å². The number of aromatic carboxylic acids is 1. The van der Waals surface area contributed by atoms with Crippen LogP contribution in [0.5, 0.6) is 0 Å². The summed E-state index contributed by atoms with van der Waals surface area (Å²) in [5, 5.41) is 9.16. The van der Waals surface area contributed by atoms with Gasteiger partial charge in [-0.2, -0.15) is 0 Å². The summed E-state index contributed by atoms with van der Waals surface area (Å²) < 4.78 is 0. The first-order valence-electron chi connectivity index (χ1n) is 6.03. The lowest BCUT2D eigenvalue weighted by Crippen LogP contribution is -2.37. The molecule has 0 radical (unpaired) electrons. The second-order valence-corrected chi connectivity index (χ2v) is 4.54. The normalized spacial score (nSPS) is 10.5. The summed E-state index contributed by atoms with van der Waals surface area (Å²) in [7, 11) is 0. The van der Waals surface area contributed by atoms with Gasteiger partial charge in [0, 0.05) is 12.6 Å². The molecule has 0 saturated carbocycles. The molecule has 1 rings (SSSR count). The molecule has 0 aliphatic carbocycles. The van der Waals surface area contributed by atoms with E-state index in [0.29, 0.717) is 6.54 Å². The van der Waals surface area contributed by atoms with Crippen molar-refractivity contribution in [2.75, 3.05) is 6.54 Å². The summed E-state index contributed by atoms with van der Waals surface area (Å²) in [4.78, 5) is 25.2. The second kappa shape index (κ2) is 5.67. The monoisotopic (exact) mass is 249 g/mol. The van der Waals surface area contributed by atoms with E-state index >= 15 is 0 Å². The van der Waals surface area contributed by atoms with Crippen molar-refractivity contribution in [3.8, 4) is 0 Å². The number of aryl methyl sites for hydroxylation is 1. The van der Waals surface area contributed by atoms with E-state index in [1.807, 2.05) is 20.8 Å². The third-order valence-electron chi connectivity index (χ3n) is 2.86. The summed E-state index contributed by atoms with van der Waals surface area (Å²) in [6, 6.07) is 4.93. The van der Waals surface area contributed by atoms with Crippen molar-refractivity contribution in [1.82, 2.24) is 4.90 Å². The molecule has 18 heavy (non-hydrogen) atoms. The molecule has 98 valence electrons. The van der Waals surface area contributed by atoms with Crippen LogP contribution in [-0.4, -0.2) is 34.5 Å². The van der Waals surface area contributed by atoms with Gasteiger partial charge >= 0.3 is 5.97 Å². The van der Waals surface area contributed by atoms with E-state index in [2.05, 4.69) is 0 Å². The Hall–Kier alpha value is -1.84. The summed E-state index contributed by atoms with van der Waals surface area (Å²) >= 11 is 0. The molecule has 1 aromatic carbocycles. The zero-order valence-electron chi connectivity index (χ0n) is 11.2. The Morgan fingerprint density at radius 3 is 2.33 bits per heavy atom. The van der Waals surface area contributed by atoms with Crippen LogP contribution in [0, 0.1) is 6.92 Å². The van der Waals surface area contributed by atoms with Gasteiger partial charge in [-0.3, -0.25) is 4.79 Å². The molecule has 0 aliphatic rings. The first-order valence-corrected chi connectivity index (χ1v) is 6.03. The molecule has 0 aliphatic heterocycles. The Morgan fingerprint density at radius 1 is 1.28 bits per heavy atom. The van der Waals surface area contributed by atoms with Crippen molar-refractivity contribution in [3.63, 3.8) is 0 Å². The number of rotatable bonds is 4. The van der Waals surface area contributed by atoms with E-state index in [4.69, 9.17) is 5.11 Å². The van der Waals surface area contributed by atoms with Crippen molar-refractivity contribution in [2.45, 2.75) is 33.7 Å². The SMILES string of the molecule is CCN(C(=O)c1ccc(C)cc1C(=O)O)C(C)C. The van der Waals surface area contributed by atoms with Crippen LogP contribution >= 0.6 is 0 Å². The molecule has 4 nitrogen and oxygen atoms in total. The highest BCUT2D eigenvalue weighted by atomic mass is 16.4. The van der Waals surface area contributed by atoms with Gasteiger partial charge in [0.25, 0.3) is 5.91 Å². The van der Waals surface area contributed by atoms with Gasteiger partial charge in [0.2, 0.25) is 0 Å². The number of carboxylic acid groups (broad SMARTS) is 1. The van der Waals surface area contributed by atoms with E-state index < -0.39 is 5.97 Å². The average Bonchev–Trinajstić information content (AvgIpc) is 2.28. The molecule has 0 saturated heterocycles. The molecule has 0 fully saturated rings. The van der Waals surface area contributed by atoms with E-state index in [0.717, 1.165) is 5.56 Å². The van der Waals surface area contributed by atoms with E-state index in [9.17, 15) is 9.59 Å². The van der Waals surface area contributed by atoms with Crippen LogP contribution in [-0.2, 0) is 0 Å². The lowest BCUT2D eigenvalue weighted by Gasteiger charge is -2.25. The highest BCUT2D eigenvalue weighted by Crippen LogP contribution is 2.16. The zero-order valence-corrected chi connectivity index (χ0v) is 11.2. The minimum Gasteiger partial charge on any atom is -0.478 e. The van der Waals surface area contributed by atoms with Crippen molar-refractivity contribution < 1.29 is 14.7 Å². The number of nitrogens with zero attached hydrogens (tertiary/aromatic N) is 1. The third-order valence-corrected chi connectivity index (χ3v) is 2.86. The summed E-state index contributed by atoms with van der Waals surface area (Å²) in [5.41, 5.74) is 1.15. The number of carboxylic acids is 1. The predicted molar refractivity (Wildman–Crippen MR) is 70.0 cm³/mol. The maximum absolute atomic E-state index is 12.3. The fourth-order valence-corrected chi connectivity index (χ4v) is 1.92. The Kier molecular flexibility index (Phi) is 4.48. The van der Waals surface area contributed by atoms with E-state index in [-0.39, 0.29) is 23.1 Å². The second-order valence-electron chi connectivity index (χ2n) is 4.54. The van der Waals surface area contributed by atoms with Gasteiger partial charge in [-0.15, -0.1) is 0 Å². The number of carbonyl (C=O) groups is 2. The first-order chi connectivity index (χ1) is 8.38. The Morgan fingerprint density at radius 2 is 1.89 bits per heavy atom. The first kappa shape index (κ1) is 14.2. The number of hydrogen-bond donors (Lipinski definition) is 1. The summed E-state index contributed by atoms with van der Waals surface area (Å²) in [6.07, 6.45) is 0. The van der Waals surface area contributed by atoms with Gasteiger partial charge in [0.1, 0.15) is 0 Å². The quantitative estimate of drug-likeness (QED) is 0.892. The number of amides is 1. The van der Waals surface area contributed by atoms with Crippen molar-refractivity contribution in [2.24, 2.45) is 0 Å². The standard InChI is InChI=1S/C14H19NO3/c1-5-15(9(2)3)13(16)11-7-6-10(4)8-12(11)14(17)18/h6-9H,5H2,1-4H3,(H,17,18). The van der Waals surface area contributed by atoms with E-state index in [1.165, 1.54) is 6.07 Å². The third kappa shape index (κ3) is 2.88. The molecule has 0 spiro atoms. The van der Waals surface area contributed by atoms with Crippen molar-refractivity contribution in [1.29, 1.82) is 0 Å². The molecule has 0 bridgehead atoms. The van der Waals surface area contributed by atoms with Gasteiger partial charge in [0.15, 0.2) is 0 Å². The Labute approximate surface area is 107 Å². The van der Waals surface area contributed by atoms with Gasteiger partial charge in [-0.05, 0) is 39.8 Å². The smallest absolute Gasteiger partial charge is 0.336 e. The molecule has 0 unspecified atom stereocenters. The predicted octanol–water partition coefficient (Wildman–Crippen LogP) is 2.56. The lowest BCUT2D eigenvalue weighted by atomic mass is 10.0. The average molecular weight is 249 g/mol. The van der Waals surface area contributed by atoms with Gasteiger partial charge in [0.05, 0.1) is 11.1 Å². The van der Waals surface area contributed by atoms with Crippen LogP contribution in [0.4, 0.5) is 0 Å². The molecule has 4 heteroatoms. The van der Waals surface area contributed by atoms with Crippen LogP contribution in [0.25, 0.3) is 0 Å². The fourth-order valence-electron chi connectivity index (χ4n) is 1.92. The number of hydrogen-bond acceptors (Lipinski definition) is 2. The molecular formula is C14H19NO3.